The first kappa shape index (κ1) is 41.0. The Hall–Kier alpha value is -4.64. The molecule has 1 unspecified atom stereocenters. The quantitative estimate of drug-likeness (QED) is 0.0786. The number of thiazole rings is 1. The van der Waals surface area contributed by atoms with Crippen molar-refractivity contribution in [2.24, 2.45) is 0 Å². The second kappa shape index (κ2) is 21.6. The minimum absolute atomic E-state index is 0.135. The lowest BCUT2D eigenvalue weighted by Crippen LogP contribution is -2.43. The lowest BCUT2D eigenvalue weighted by molar-refractivity contribution is -0.121. The molecule has 1 atom stereocenters. The van der Waals surface area contributed by atoms with E-state index in [1.54, 1.807) is 18.3 Å². The summed E-state index contributed by atoms with van der Waals surface area (Å²) in [5, 5.41) is 21.6. The number of hydrogen-bond donors (Lipinski definition) is 6. The summed E-state index contributed by atoms with van der Waals surface area (Å²) in [6.45, 7) is 12.4. The smallest absolute Gasteiger partial charge is 0.323 e. The van der Waals surface area contributed by atoms with Gasteiger partial charge in [-0.1, -0.05) is 35.9 Å². The van der Waals surface area contributed by atoms with Gasteiger partial charge in [0.1, 0.15) is 17.7 Å². The fraction of sp³-hybridized carbons (Fsp3) is 0.425. The van der Waals surface area contributed by atoms with Gasteiger partial charge in [0.05, 0.1) is 16.8 Å². The number of anilines is 3. The zero-order valence-corrected chi connectivity index (χ0v) is 33.8. The van der Waals surface area contributed by atoms with Gasteiger partial charge in [-0.25, -0.2) is 4.98 Å². The summed E-state index contributed by atoms with van der Waals surface area (Å²) in [6, 6.07) is 23.7. The number of ether oxygens (including phenoxy) is 1. The zero-order chi connectivity index (χ0) is 39.0. The van der Waals surface area contributed by atoms with Gasteiger partial charge in [-0.05, 0) is 74.0 Å². The van der Waals surface area contributed by atoms with Crippen LogP contribution in [0.2, 0.25) is 5.02 Å². The monoisotopic (exact) mass is 800 g/mol. The lowest BCUT2D eigenvalue weighted by Gasteiger charge is -2.24. The predicted octanol–water partition coefficient (Wildman–Crippen LogP) is 4.32. The number of carbonyl (C=O) groups excluding carboxylic acids is 1. The van der Waals surface area contributed by atoms with Crippen LogP contribution in [0.4, 0.5) is 17.6 Å². The number of amides is 1. The Bertz CT molecular complexity index is 1900. The predicted molar refractivity (Wildman–Crippen MR) is 228 cm³/mol. The van der Waals surface area contributed by atoms with Crippen molar-refractivity contribution in [1.82, 2.24) is 46.1 Å². The third-order valence-corrected chi connectivity index (χ3v) is 10.7. The van der Waals surface area contributed by atoms with E-state index in [-0.39, 0.29) is 17.9 Å². The number of carbonyl (C=O) groups is 1. The van der Waals surface area contributed by atoms with Crippen molar-refractivity contribution in [3.63, 3.8) is 0 Å². The average molecular weight is 801 g/mol. The van der Waals surface area contributed by atoms with Crippen molar-refractivity contribution in [3.05, 3.63) is 83.4 Å². The molecule has 1 aliphatic heterocycles. The van der Waals surface area contributed by atoms with Crippen molar-refractivity contribution >= 4 is 56.6 Å². The summed E-state index contributed by atoms with van der Waals surface area (Å²) in [5.74, 6) is 0.429. The van der Waals surface area contributed by atoms with Crippen molar-refractivity contribution in [3.8, 4) is 16.6 Å². The molecule has 298 valence electrons. The number of benzene rings is 3. The number of hydrogen-bond acceptors (Lipinski definition) is 14. The molecule has 16 heteroatoms. The van der Waals surface area contributed by atoms with Gasteiger partial charge in [0.15, 0.2) is 0 Å². The van der Waals surface area contributed by atoms with Crippen LogP contribution in [0, 0.1) is 0 Å². The van der Waals surface area contributed by atoms with E-state index in [1.165, 1.54) is 4.70 Å². The van der Waals surface area contributed by atoms with Crippen LogP contribution in [-0.4, -0.2) is 122 Å². The summed E-state index contributed by atoms with van der Waals surface area (Å²) in [6.07, 6.45) is 0.851. The van der Waals surface area contributed by atoms with Crippen LogP contribution in [0.3, 0.4) is 0 Å². The van der Waals surface area contributed by atoms with Gasteiger partial charge >= 0.3 is 6.01 Å². The molecule has 56 heavy (non-hydrogen) atoms. The Balaban J connectivity index is 1.01. The van der Waals surface area contributed by atoms with Crippen molar-refractivity contribution < 1.29 is 9.53 Å². The second-order valence-corrected chi connectivity index (χ2v) is 15.1. The number of likely N-dealkylation sites (N-methyl/N-ethyl adjacent to an activating group) is 1. The Morgan fingerprint density at radius 3 is 2.32 bits per heavy atom. The van der Waals surface area contributed by atoms with E-state index >= 15 is 0 Å². The Labute approximate surface area is 338 Å². The van der Waals surface area contributed by atoms with Crippen LogP contribution in [-0.2, 0) is 11.3 Å². The SMILES string of the molecule is CC(Nc1nc(NCc2ccc(Cl)cc2)nc(OCCN(C)c2ccc(-c3nc4ccccc4s3)cc2)n1)C(=O)NCCCN1CCNCCNCCNCC1. The molecule has 3 aromatic carbocycles. The van der Waals surface area contributed by atoms with Gasteiger partial charge < -0.3 is 46.4 Å². The average Bonchev–Trinajstić information content (AvgIpc) is 3.65. The molecule has 6 rings (SSSR count). The van der Waals surface area contributed by atoms with Crippen molar-refractivity contribution in [2.45, 2.75) is 25.9 Å². The summed E-state index contributed by atoms with van der Waals surface area (Å²) >= 11 is 7.77. The van der Waals surface area contributed by atoms with Gasteiger partial charge in [-0.15, -0.1) is 11.3 Å². The Morgan fingerprint density at radius 2 is 1.59 bits per heavy atom. The largest absolute Gasteiger partial charge is 0.461 e. The normalized spacial score (nSPS) is 15.0. The lowest BCUT2D eigenvalue weighted by atomic mass is 10.2. The highest BCUT2D eigenvalue weighted by Gasteiger charge is 2.17. The molecular formula is C40H53ClN12O2S. The maximum absolute atomic E-state index is 13.1. The second-order valence-electron chi connectivity index (χ2n) is 13.7. The van der Waals surface area contributed by atoms with Gasteiger partial charge in [-0.2, -0.15) is 15.0 Å². The Kier molecular flexibility index (Phi) is 15.8. The van der Waals surface area contributed by atoms with E-state index in [1.807, 2.05) is 49.5 Å². The van der Waals surface area contributed by atoms with E-state index in [2.05, 4.69) is 87.0 Å². The minimum Gasteiger partial charge on any atom is -0.461 e. The summed E-state index contributed by atoms with van der Waals surface area (Å²) in [7, 11) is 2.02. The number of nitrogens with zero attached hydrogens (tertiary/aromatic N) is 6. The molecule has 1 aliphatic rings. The number of fused-ring (bicyclic) bond motifs is 1. The van der Waals surface area contributed by atoms with Gasteiger partial charge in [0.25, 0.3) is 0 Å². The molecule has 14 nitrogen and oxygen atoms in total. The topological polar surface area (TPSA) is 157 Å². The van der Waals surface area contributed by atoms with E-state index < -0.39 is 6.04 Å². The third kappa shape index (κ3) is 13.0. The van der Waals surface area contributed by atoms with Crippen LogP contribution in [0.25, 0.3) is 20.8 Å². The molecule has 0 radical (unpaired) electrons. The molecule has 0 aliphatic carbocycles. The number of halogens is 1. The first-order chi connectivity index (χ1) is 27.4. The molecule has 0 saturated carbocycles. The van der Waals surface area contributed by atoms with Crippen molar-refractivity contribution in [2.75, 3.05) is 101 Å². The fourth-order valence-electron chi connectivity index (χ4n) is 6.07. The van der Waals surface area contributed by atoms with Crippen LogP contribution < -0.4 is 41.5 Å². The molecule has 5 aromatic rings. The molecule has 1 saturated heterocycles. The maximum Gasteiger partial charge on any atom is 0.323 e. The van der Waals surface area contributed by atoms with E-state index in [0.29, 0.717) is 37.2 Å². The molecule has 1 fully saturated rings. The van der Waals surface area contributed by atoms with Gasteiger partial charge in [0, 0.05) is 88.8 Å². The summed E-state index contributed by atoms with van der Waals surface area (Å²) in [5.41, 5.74) is 4.15. The number of rotatable bonds is 16. The highest BCUT2D eigenvalue weighted by Crippen LogP contribution is 2.31. The number of nitrogens with one attached hydrogen (secondary N) is 6. The zero-order valence-electron chi connectivity index (χ0n) is 32.2. The highest BCUT2D eigenvalue weighted by atomic mass is 35.5. The van der Waals surface area contributed by atoms with E-state index in [9.17, 15) is 4.79 Å². The van der Waals surface area contributed by atoms with Gasteiger partial charge in [-0.3, -0.25) is 4.79 Å². The third-order valence-electron chi connectivity index (χ3n) is 9.34. The van der Waals surface area contributed by atoms with Crippen LogP contribution >= 0.6 is 22.9 Å². The Morgan fingerprint density at radius 1 is 0.893 bits per heavy atom. The maximum atomic E-state index is 13.1. The van der Waals surface area contributed by atoms with E-state index in [0.717, 1.165) is 92.7 Å². The van der Waals surface area contributed by atoms with E-state index in [4.69, 9.17) is 21.3 Å². The first-order valence-corrected chi connectivity index (χ1v) is 20.5. The standard InChI is InChI=1S/C40H53ClN12O2S/c1-29(36(54)45-16-5-23-53-24-21-43-19-17-42-18-20-44-22-25-53)47-39-49-38(46-28-30-8-12-32(41)13-9-30)50-40(51-39)55-27-26-52(2)33-14-10-31(11-15-33)37-48-34-6-3-4-7-35(34)56-37/h3-4,6-15,29,42-44H,5,16-28H2,1-2H3,(H,45,54)(H2,46,47,49,50,51). The van der Waals surface area contributed by atoms with Crippen LogP contribution in [0.1, 0.15) is 18.9 Å². The number of aromatic nitrogens is 4. The molecule has 1 amide bonds. The van der Waals surface area contributed by atoms with Crippen molar-refractivity contribution in [1.29, 1.82) is 0 Å². The molecular weight excluding hydrogens is 748 g/mol. The van der Waals surface area contributed by atoms with Crippen LogP contribution in [0.5, 0.6) is 6.01 Å². The van der Waals surface area contributed by atoms with Crippen LogP contribution in [0.15, 0.2) is 72.8 Å². The highest BCUT2D eigenvalue weighted by molar-refractivity contribution is 7.21. The number of para-hydroxylation sites is 1. The molecule has 3 heterocycles. The minimum atomic E-state index is -0.588. The first-order valence-electron chi connectivity index (χ1n) is 19.3. The summed E-state index contributed by atoms with van der Waals surface area (Å²) < 4.78 is 7.25. The molecule has 0 bridgehead atoms. The fourth-order valence-corrected chi connectivity index (χ4v) is 7.17. The molecule has 2 aromatic heterocycles. The summed E-state index contributed by atoms with van der Waals surface area (Å²) in [4.78, 5) is 36.1. The van der Waals surface area contributed by atoms with Gasteiger partial charge in [0.2, 0.25) is 17.8 Å². The molecule has 0 spiro atoms. The molecule has 6 N–H and O–H groups in total.